The van der Waals surface area contributed by atoms with Gasteiger partial charge >= 0.3 is 5.69 Å². The molecular weight excluding hydrogens is 332 g/mol. The van der Waals surface area contributed by atoms with E-state index in [1.54, 1.807) is 30.5 Å². The number of piperidine rings is 1. The Morgan fingerprint density at radius 3 is 2.88 bits per heavy atom. The fraction of sp³-hybridized carbons (Fsp3) is 0.400. The summed E-state index contributed by atoms with van der Waals surface area (Å²) in [7, 11) is -3.26. The first-order valence-electron chi connectivity index (χ1n) is 7.60. The molecule has 1 aromatic carbocycles. The number of rotatable bonds is 4. The van der Waals surface area contributed by atoms with E-state index in [4.69, 9.17) is 0 Å². The van der Waals surface area contributed by atoms with Crippen molar-refractivity contribution in [2.24, 2.45) is 0 Å². The largest absolute Gasteiger partial charge is 0.375 e. The fourth-order valence-corrected chi connectivity index (χ4v) is 3.94. The van der Waals surface area contributed by atoms with E-state index in [0.717, 1.165) is 6.42 Å². The molecule has 8 nitrogen and oxygen atoms in total. The molecule has 1 N–H and O–H groups in total. The van der Waals surface area contributed by atoms with Crippen LogP contribution in [-0.2, 0) is 10.0 Å². The molecule has 9 heteroatoms. The molecule has 2 aromatic rings. The second-order valence-corrected chi connectivity index (χ2v) is 7.88. The molecule has 1 aromatic heterocycles. The van der Waals surface area contributed by atoms with E-state index in [0.29, 0.717) is 36.1 Å². The number of nitrogens with one attached hydrogen (secondary N) is 1. The molecule has 3 rings (SSSR count). The third-order valence-electron chi connectivity index (χ3n) is 4.15. The van der Waals surface area contributed by atoms with Crippen molar-refractivity contribution in [3.8, 4) is 0 Å². The molecule has 0 unspecified atom stereocenters. The number of sulfonamides is 1. The third-order valence-corrected chi connectivity index (χ3v) is 5.42. The SMILES string of the molecule is CS(=O)(=O)N1CCC[C@@H](Nc2ccc3ncccc3c2[N+](=O)[O-])C1. The molecule has 2 heterocycles. The molecule has 0 radical (unpaired) electrons. The quantitative estimate of drug-likeness (QED) is 0.668. The molecule has 0 aliphatic carbocycles. The number of nitrogens with zero attached hydrogens (tertiary/aromatic N) is 3. The normalized spacial score (nSPS) is 19.3. The second kappa shape index (κ2) is 6.33. The monoisotopic (exact) mass is 350 g/mol. The summed E-state index contributed by atoms with van der Waals surface area (Å²) in [6.07, 6.45) is 4.24. The van der Waals surface area contributed by atoms with Gasteiger partial charge in [-0.3, -0.25) is 15.1 Å². The first-order chi connectivity index (χ1) is 11.4. The average Bonchev–Trinajstić information content (AvgIpc) is 2.53. The summed E-state index contributed by atoms with van der Waals surface area (Å²) in [5.74, 6) is 0. The second-order valence-electron chi connectivity index (χ2n) is 5.89. The minimum absolute atomic E-state index is 0.0305. The lowest BCUT2D eigenvalue weighted by Crippen LogP contribution is -2.44. The Bertz CT molecular complexity index is 884. The summed E-state index contributed by atoms with van der Waals surface area (Å²) in [5.41, 5.74) is 0.911. The Balaban J connectivity index is 1.92. The topological polar surface area (TPSA) is 105 Å². The lowest BCUT2D eigenvalue weighted by Gasteiger charge is -2.31. The van der Waals surface area contributed by atoms with Gasteiger partial charge in [-0.15, -0.1) is 0 Å². The highest BCUT2D eigenvalue weighted by Gasteiger charge is 2.28. The van der Waals surface area contributed by atoms with Crippen LogP contribution in [0.1, 0.15) is 12.8 Å². The predicted octanol–water partition coefficient (Wildman–Crippen LogP) is 1.98. The smallest absolute Gasteiger partial charge is 0.301 e. The minimum atomic E-state index is -3.26. The zero-order chi connectivity index (χ0) is 17.3. The maximum Gasteiger partial charge on any atom is 0.301 e. The number of anilines is 1. The molecule has 0 amide bonds. The Morgan fingerprint density at radius 1 is 1.38 bits per heavy atom. The summed E-state index contributed by atoms with van der Waals surface area (Å²) in [5, 5.41) is 15.1. The summed E-state index contributed by atoms with van der Waals surface area (Å²) in [6.45, 7) is 0.793. The van der Waals surface area contributed by atoms with Crippen LogP contribution in [-0.4, -0.2) is 48.0 Å². The maximum atomic E-state index is 11.7. The Kier molecular flexibility index (Phi) is 4.37. The van der Waals surface area contributed by atoms with Crippen LogP contribution < -0.4 is 5.32 Å². The molecule has 128 valence electrons. The van der Waals surface area contributed by atoms with Gasteiger partial charge < -0.3 is 5.32 Å². The van der Waals surface area contributed by atoms with Crippen molar-refractivity contribution >= 4 is 32.3 Å². The number of pyridine rings is 1. The maximum absolute atomic E-state index is 11.7. The van der Waals surface area contributed by atoms with Crippen molar-refractivity contribution in [2.45, 2.75) is 18.9 Å². The van der Waals surface area contributed by atoms with Crippen LogP contribution in [0.3, 0.4) is 0 Å². The van der Waals surface area contributed by atoms with E-state index in [9.17, 15) is 18.5 Å². The molecule has 0 bridgehead atoms. The van der Waals surface area contributed by atoms with Gasteiger partial charge in [0.25, 0.3) is 0 Å². The molecule has 1 fully saturated rings. The molecule has 1 saturated heterocycles. The first kappa shape index (κ1) is 16.6. The number of nitro groups is 1. The molecule has 1 aliphatic heterocycles. The molecule has 24 heavy (non-hydrogen) atoms. The van der Waals surface area contributed by atoms with Gasteiger partial charge in [0.15, 0.2) is 0 Å². The molecule has 1 aliphatic rings. The van der Waals surface area contributed by atoms with Crippen molar-refractivity contribution in [3.63, 3.8) is 0 Å². The number of nitro benzene ring substituents is 1. The average molecular weight is 350 g/mol. The van der Waals surface area contributed by atoms with Gasteiger partial charge in [0.2, 0.25) is 10.0 Å². The highest BCUT2D eigenvalue weighted by molar-refractivity contribution is 7.88. The van der Waals surface area contributed by atoms with Gasteiger partial charge in [-0.25, -0.2) is 12.7 Å². The first-order valence-corrected chi connectivity index (χ1v) is 9.45. The van der Waals surface area contributed by atoms with E-state index < -0.39 is 14.9 Å². The molecule has 0 saturated carbocycles. The lowest BCUT2D eigenvalue weighted by atomic mass is 10.1. The fourth-order valence-electron chi connectivity index (χ4n) is 3.03. The van der Waals surface area contributed by atoms with E-state index in [1.165, 1.54) is 10.6 Å². The molecule has 1 atom stereocenters. The number of benzene rings is 1. The van der Waals surface area contributed by atoms with Crippen molar-refractivity contribution in [2.75, 3.05) is 24.7 Å². The Labute approximate surface area is 139 Å². The van der Waals surface area contributed by atoms with Gasteiger partial charge in [-0.05, 0) is 37.1 Å². The van der Waals surface area contributed by atoms with E-state index in [-0.39, 0.29) is 11.7 Å². The third kappa shape index (κ3) is 3.31. The van der Waals surface area contributed by atoms with Crippen molar-refractivity contribution in [3.05, 3.63) is 40.6 Å². The van der Waals surface area contributed by atoms with Crippen LogP contribution in [0.5, 0.6) is 0 Å². The van der Waals surface area contributed by atoms with E-state index in [1.807, 2.05) is 0 Å². The van der Waals surface area contributed by atoms with E-state index in [2.05, 4.69) is 10.3 Å². The number of aromatic nitrogens is 1. The van der Waals surface area contributed by atoms with Crippen LogP contribution in [0.4, 0.5) is 11.4 Å². The van der Waals surface area contributed by atoms with Crippen molar-refractivity contribution < 1.29 is 13.3 Å². The zero-order valence-corrected chi connectivity index (χ0v) is 14.0. The summed E-state index contributed by atoms with van der Waals surface area (Å²) in [6, 6.07) is 6.51. The van der Waals surface area contributed by atoms with Gasteiger partial charge in [-0.2, -0.15) is 0 Å². The summed E-state index contributed by atoms with van der Waals surface area (Å²) in [4.78, 5) is 15.2. The summed E-state index contributed by atoms with van der Waals surface area (Å²) < 4.78 is 24.8. The highest BCUT2D eigenvalue weighted by atomic mass is 32.2. The summed E-state index contributed by atoms with van der Waals surface area (Å²) >= 11 is 0. The Morgan fingerprint density at radius 2 is 2.17 bits per heavy atom. The van der Waals surface area contributed by atoms with Crippen molar-refractivity contribution in [1.82, 2.24) is 9.29 Å². The lowest BCUT2D eigenvalue weighted by molar-refractivity contribution is -0.382. The van der Waals surface area contributed by atoms with Gasteiger partial charge in [0, 0.05) is 25.3 Å². The van der Waals surface area contributed by atoms with Crippen molar-refractivity contribution in [1.29, 1.82) is 0 Å². The van der Waals surface area contributed by atoms with Crippen LogP contribution in [0, 0.1) is 10.1 Å². The number of hydrogen-bond acceptors (Lipinski definition) is 6. The Hall–Kier alpha value is -2.26. The standard InChI is InChI=1S/C15H18N4O4S/c1-24(22,23)18-9-3-4-11(10-18)17-14-7-6-13-12(5-2-8-16-13)15(14)19(20)21/h2,5-8,11,17H,3-4,9-10H2,1H3/t11-/m1/s1. The molecule has 0 spiro atoms. The zero-order valence-electron chi connectivity index (χ0n) is 13.2. The molecular formula is C15H18N4O4S. The predicted molar refractivity (Wildman–Crippen MR) is 91.5 cm³/mol. The van der Waals surface area contributed by atoms with Crippen LogP contribution in [0.2, 0.25) is 0 Å². The van der Waals surface area contributed by atoms with Crippen LogP contribution >= 0.6 is 0 Å². The van der Waals surface area contributed by atoms with Gasteiger partial charge in [0.1, 0.15) is 5.69 Å². The van der Waals surface area contributed by atoms with E-state index >= 15 is 0 Å². The number of fused-ring (bicyclic) bond motifs is 1. The highest BCUT2D eigenvalue weighted by Crippen LogP contribution is 2.33. The van der Waals surface area contributed by atoms with Gasteiger partial charge in [0.05, 0.1) is 22.1 Å². The van der Waals surface area contributed by atoms with Crippen LogP contribution in [0.25, 0.3) is 10.9 Å². The minimum Gasteiger partial charge on any atom is -0.375 e. The van der Waals surface area contributed by atoms with Gasteiger partial charge in [-0.1, -0.05) is 0 Å². The van der Waals surface area contributed by atoms with Crippen LogP contribution in [0.15, 0.2) is 30.5 Å². The number of hydrogen-bond donors (Lipinski definition) is 1.